The minimum atomic E-state index is -1.50. The largest absolute Gasteiger partial charge is 0.492 e. The second kappa shape index (κ2) is 11.2. The molecular formula is C25H38N4O5. The van der Waals surface area contributed by atoms with Crippen LogP contribution in [0.1, 0.15) is 44.2 Å². The minimum absolute atomic E-state index is 0.187. The lowest BCUT2D eigenvalue weighted by atomic mass is 9.95. The van der Waals surface area contributed by atoms with E-state index < -0.39 is 23.6 Å². The van der Waals surface area contributed by atoms with E-state index in [1.54, 1.807) is 0 Å². The van der Waals surface area contributed by atoms with E-state index in [1.165, 1.54) is 25.8 Å². The Balaban J connectivity index is 1.80. The number of aryl methyl sites for hydroxylation is 2. The molecule has 1 aromatic rings. The Labute approximate surface area is 201 Å². The maximum absolute atomic E-state index is 13.4. The number of likely N-dealkylation sites (N-methyl/N-ethyl adjacent to an activating group) is 1. The lowest BCUT2D eigenvalue weighted by molar-refractivity contribution is -0.149. The van der Waals surface area contributed by atoms with Crippen LogP contribution in [0, 0.1) is 12.8 Å². The second-order valence-electron chi connectivity index (χ2n) is 9.91. The summed E-state index contributed by atoms with van der Waals surface area (Å²) in [6, 6.07) is 4.45. The van der Waals surface area contributed by atoms with Crippen molar-refractivity contribution in [3.63, 3.8) is 0 Å². The van der Waals surface area contributed by atoms with E-state index in [1.807, 2.05) is 19.1 Å². The summed E-state index contributed by atoms with van der Waals surface area (Å²) in [5.41, 5.74) is 0.717. The molecule has 1 aliphatic heterocycles. The topological polar surface area (TPSA) is 120 Å². The van der Waals surface area contributed by atoms with Crippen LogP contribution in [0.5, 0.6) is 5.75 Å². The fourth-order valence-electron chi connectivity index (χ4n) is 4.46. The number of carbonyl (C=O) groups is 3. The first-order valence-electron chi connectivity index (χ1n) is 12.1. The molecule has 9 nitrogen and oxygen atoms in total. The molecule has 34 heavy (non-hydrogen) atoms. The number of benzene rings is 1. The van der Waals surface area contributed by atoms with Gasteiger partial charge in [0, 0.05) is 20.1 Å². The fourth-order valence-corrected chi connectivity index (χ4v) is 4.46. The van der Waals surface area contributed by atoms with Crippen LogP contribution in [0.15, 0.2) is 18.2 Å². The van der Waals surface area contributed by atoms with Crippen LogP contribution in [-0.4, -0.2) is 78.7 Å². The van der Waals surface area contributed by atoms with Crippen molar-refractivity contribution in [1.29, 1.82) is 0 Å². The van der Waals surface area contributed by atoms with E-state index in [0.29, 0.717) is 19.7 Å². The van der Waals surface area contributed by atoms with Crippen molar-refractivity contribution in [3.05, 3.63) is 29.3 Å². The summed E-state index contributed by atoms with van der Waals surface area (Å²) in [6.07, 6.45) is 3.33. The van der Waals surface area contributed by atoms with Gasteiger partial charge in [0.1, 0.15) is 18.4 Å². The van der Waals surface area contributed by atoms with Gasteiger partial charge in [0.15, 0.2) is 0 Å². The van der Waals surface area contributed by atoms with Crippen LogP contribution in [0.3, 0.4) is 0 Å². The monoisotopic (exact) mass is 474 g/mol. The van der Waals surface area contributed by atoms with Crippen LogP contribution in [0.4, 0.5) is 0 Å². The van der Waals surface area contributed by atoms with Crippen LogP contribution < -0.4 is 20.7 Å². The molecule has 1 saturated carbocycles. The van der Waals surface area contributed by atoms with Crippen molar-refractivity contribution in [3.8, 4) is 5.75 Å². The zero-order valence-corrected chi connectivity index (χ0v) is 20.6. The standard InChI is InChI=1S/C25H38N4O5/c1-16-7-10-19-18(14-16)6-5-11-26-20(30)15-28-23(31)22(25(2,3)33)29(4)24(32)21(17-8-9-17)27-12-13-34-19/h7,10,14,17,21-22,27,33H,5-6,8-9,11-13,15H2,1-4H3,(H,26,30)(H,28,31). The van der Waals surface area contributed by atoms with Gasteiger partial charge in [-0.1, -0.05) is 17.7 Å². The number of amides is 3. The molecule has 2 aliphatic rings. The molecule has 1 fully saturated rings. The maximum atomic E-state index is 13.4. The summed E-state index contributed by atoms with van der Waals surface area (Å²) in [4.78, 5) is 39.9. The quantitative estimate of drug-likeness (QED) is 0.496. The van der Waals surface area contributed by atoms with Crippen molar-refractivity contribution in [2.24, 2.45) is 5.92 Å². The molecule has 0 saturated heterocycles. The highest BCUT2D eigenvalue weighted by Crippen LogP contribution is 2.34. The third-order valence-corrected chi connectivity index (χ3v) is 6.32. The first-order chi connectivity index (χ1) is 16.1. The van der Waals surface area contributed by atoms with Gasteiger partial charge in [0.2, 0.25) is 17.7 Å². The molecule has 0 bridgehead atoms. The zero-order valence-electron chi connectivity index (χ0n) is 20.6. The SMILES string of the molecule is Cc1ccc2c(c1)CCCNC(=O)CNC(=O)C(C(C)(C)O)N(C)C(=O)C(C1CC1)NCCO2. The van der Waals surface area contributed by atoms with Gasteiger partial charge in [-0.15, -0.1) is 0 Å². The normalized spacial score (nSPS) is 24.3. The highest BCUT2D eigenvalue weighted by Gasteiger charge is 2.44. The zero-order chi connectivity index (χ0) is 24.9. The van der Waals surface area contributed by atoms with E-state index in [0.717, 1.165) is 42.6 Å². The highest BCUT2D eigenvalue weighted by molar-refractivity contribution is 5.92. The molecule has 3 rings (SSSR count). The Kier molecular flexibility index (Phi) is 8.54. The molecule has 2 atom stereocenters. The molecule has 2 unspecified atom stereocenters. The molecule has 0 radical (unpaired) electrons. The van der Waals surface area contributed by atoms with Crippen LogP contribution in [-0.2, 0) is 20.8 Å². The van der Waals surface area contributed by atoms with Crippen molar-refractivity contribution in [1.82, 2.24) is 20.9 Å². The molecule has 3 amide bonds. The number of ether oxygens (including phenoxy) is 1. The van der Waals surface area contributed by atoms with Gasteiger partial charge in [0.25, 0.3) is 0 Å². The number of carbonyl (C=O) groups excluding carboxylic acids is 3. The number of nitrogens with one attached hydrogen (secondary N) is 3. The smallest absolute Gasteiger partial charge is 0.246 e. The minimum Gasteiger partial charge on any atom is -0.492 e. The van der Waals surface area contributed by atoms with E-state index in [-0.39, 0.29) is 24.3 Å². The summed E-state index contributed by atoms with van der Waals surface area (Å²) in [6.45, 7) is 6.10. The van der Waals surface area contributed by atoms with Crippen LogP contribution in [0.2, 0.25) is 0 Å². The average Bonchev–Trinajstić information content (AvgIpc) is 3.59. The molecule has 0 aromatic heterocycles. The Morgan fingerprint density at radius 2 is 1.85 bits per heavy atom. The second-order valence-corrected chi connectivity index (χ2v) is 9.91. The van der Waals surface area contributed by atoms with Gasteiger partial charge in [-0.05, 0) is 64.0 Å². The van der Waals surface area contributed by atoms with Crippen molar-refractivity contribution >= 4 is 17.7 Å². The molecule has 4 N–H and O–H groups in total. The summed E-state index contributed by atoms with van der Waals surface area (Å²) in [5, 5.41) is 19.4. The molecule has 188 valence electrons. The fraction of sp³-hybridized carbons (Fsp3) is 0.640. The van der Waals surface area contributed by atoms with Gasteiger partial charge >= 0.3 is 0 Å². The molecule has 1 aliphatic carbocycles. The highest BCUT2D eigenvalue weighted by atomic mass is 16.5. The Hall–Kier alpha value is -2.65. The predicted molar refractivity (Wildman–Crippen MR) is 128 cm³/mol. The number of nitrogens with zero attached hydrogens (tertiary/aromatic N) is 1. The number of rotatable bonds is 2. The predicted octanol–water partition coefficient (Wildman–Crippen LogP) is 0.519. The van der Waals surface area contributed by atoms with Gasteiger partial charge in [-0.3, -0.25) is 14.4 Å². The molecule has 0 spiro atoms. The molecular weight excluding hydrogens is 436 g/mol. The van der Waals surface area contributed by atoms with Crippen LogP contribution in [0.25, 0.3) is 0 Å². The van der Waals surface area contributed by atoms with Crippen molar-refractivity contribution in [2.75, 3.05) is 33.3 Å². The third-order valence-electron chi connectivity index (χ3n) is 6.32. The van der Waals surface area contributed by atoms with Gasteiger partial charge in [0.05, 0.1) is 18.2 Å². The van der Waals surface area contributed by atoms with Crippen molar-refractivity contribution in [2.45, 2.75) is 64.1 Å². The van der Waals surface area contributed by atoms with Crippen molar-refractivity contribution < 1.29 is 24.2 Å². The number of fused-ring (bicyclic) bond motifs is 1. The third kappa shape index (κ3) is 6.93. The van der Waals surface area contributed by atoms with E-state index in [9.17, 15) is 19.5 Å². The summed E-state index contributed by atoms with van der Waals surface area (Å²) in [5.74, 6) is -0.156. The lowest BCUT2D eigenvalue weighted by Gasteiger charge is -2.37. The summed E-state index contributed by atoms with van der Waals surface area (Å²) >= 11 is 0. The number of hydrogen-bond acceptors (Lipinski definition) is 6. The summed E-state index contributed by atoms with van der Waals surface area (Å²) in [7, 11) is 1.52. The van der Waals surface area contributed by atoms with E-state index in [2.05, 4.69) is 22.0 Å². The van der Waals surface area contributed by atoms with E-state index >= 15 is 0 Å². The lowest BCUT2D eigenvalue weighted by Crippen LogP contribution is -2.62. The average molecular weight is 475 g/mol. The van der Waals surface area contributed by atoms with Gasteiger partial charge < -0.3 is 30.7 Å². The Morgan fingerprint density at radius 3 is 2.53 bits per heavy atom. The van der Waals surface area contributed by atoms with Gasteiger partial charge in [-0.25, -0.2) is 0 Å². The Morgan fingerprint density at radius 1 is 1.12 bits per heavy atom. The first-order valence-corrected chi connectivity index (χ1v) is 12.1. The van der Waals surface area contributed by atoms with E-state index in [4.69, 9.17) is 4.74 Å². The molecule has 1 heterocycles. The van der Waals surface area contributed by atoms with Crippen LogP contribution >= 0.6 is 0 Å². The maximum Gasteiger partial charge on any atom is 0.246 e. The summed E-state index contributed by atoms with van der Waals surface area (Å²) < 4.78 is 6.03. The Bertz CT molecular complexity index is 894. The number of aliphatic hydroxyl groups is 1. The molecule has 1 aromatic carbocycles. The van der Waals surface area contributed by atoms with Gasteiger partial charge in [-0.2, -0.15) is 0 Å². The first kappa shape index (κ1) is 26.0. The number of hydrogen-bond donors (Lipinski definition) is 4. The molecule has 9 heteroatoms.